The largest absolute Gasteiger partial charge is 0.508 e. The van der Waals surface area contributed by atoms with Crippen LogP contribution in [0, 0.1) is 4.78 Å². The quantitative estimate of drug-likeness (QED) is 0.738. The second kappa shape index (κ2) is 3.15. The van der Waals surface area contributed by atoms with E-state index in [1.807, 2.05) is 0 Å². The smallest absolute Gasteiger partial charge is 0.116 e. The normalized spacial score (nSPS) is 15.4. The lowest BCUT2D eigenvalue weighted by Gasteiger charge is -2.03. The first-order chi connectivity index (χ1) is 5.56. The summed E-state index contributed by atoms with van der Waals surface area (Å²) in [4.78, 5) is 0.394. The molecule has 1 unspecified atom stereocenters. The van der Waals surface area contributed by atoms with Gasteiger partial charge in [0.1, 0.15) is 5.75 Å². The molecular formula is C8H11NO2S. The average Bonchev–Trinajstić information content (AvgIpc) is 2.05. The third-order valence-corrected chi connectivity index (χ3v) is 3.43. The van der Waals surface area contributed by atoms with E-state index in [4.69, 9.17) is 9.89 Å². The van der Waals surface area contributed by atoms with Gasteiger partial charge in [0, 0.05) is 5.75 Å². The molecule has 0 aliphatic carbocycles. The fourth-order valence-electron chi connectivity index (χ4n) is 0.855. The first-order valence-corrected chi connectivity index (χ1v) is 5.34. The second-order valence-corrected chi connectivity index (χ2v) is 4.86. The topological polar surface area (TPSA) is 61.2 Å². The van der Waals surface area contributed by atoms with E-state index >= 15 is 0 Å². The number of hydrogen-bond donors (Lipinski definition) is 2. The van der Waals surface area contributed by atoms with Crippen LogP contribution >= 0.6 is 0 Å². The van der Waals surface area contributed by atoms with Crippen molar-refractivity contribution in [3.8, 4) is 5.75 Å². The monoisotopic (exact) mass is 185 g/mol. The Kier molecular flexibility index (Phi) is 2.38. The predicted octanol–water partition coefficient (Wildman–Crippen LogP) is 1.82. The number of aromatic hydroxyl groups is 1. The summed E-state index contributed by atoms with van der Waals surface area (Å²) in [6.07, 6.45) is 0. The molecule has 1 rings (SSSR count). The summed E-state index contributed by atoms with van der Waals surface area (Å²) in [6, 6.07) is 6.06. The molecule has 0 radical (unpaired) electrons. The summed E-state index contributed by atoms with van der Waals surface area (Å²) in [6.45, 7) is 1.69. The van der Waals surface area contributed by atoms with Crippen LogP contribution < -0.4 is 0 Å². The van der Waals surface area contributed by atoms with Gasteiger partial charge in [0.15, 0.2) is 0 Å². The van der Waals surface area contributed by atoms with Crippen LogP contribution in [0.2, 0.25) is 0 Å². The number of hydrogen-bond acceptors (Lipinski definition) is 3. The van der Waals surface area contributed by atoms with Crippen molar-refractivity contribution in [1.29, 1.82) is 4.78 Å². The zero-order valence-corrected chi connectivity index (χ0v) is 7.60. The molecule has 1 aromatic carbocycles. The molecule has 12 heavy (non-hydrogen) atoms. The molecule has 3 nitrogen and oxygen atoms in total. The highest BCUT2D eigenvalue weighted by atomic mass is 32.2. The Bertz CT molecular complexity index is 370. The lowest BCUT2D eigenvalue weighted by molar-refractivity contribution is 0.473. The van der Waals surface area contributed by atoms with E-state index in [0.717, 1.165) is 0 Å². The van der Waals surface area contributed by atoms with Gasteiger partial charge in [0.2, 0.25) is 0 Å². The Morgan fingerprint density at radius 2 is 2.25 bits per heavy atom. The molecule has 0 saturated carbocycles. The molecule has 0 fully saturated rings. The SMILES string of the molecule is CCS(=N)(=O)c1cccc(O)c1. The molecule has 0 aliphatic heterocycles. The molecule has 2 N–H and O–H groups in total. The number of rotatable bonds is 2. The van der Waals surface area contributed by atoms with Gasteiger partial charge in [0.25, 0.3) is 0 Å². The minimum absolute atomic E-state index is 0.0564. The van der Waals surface area contributed by atoms with Gasteiger partial charge in [-0.3, -0.25) is 0 Å². The number of nitrogens with one attached hydrogen (secondary N) is 1. The van der Waals surface area contributed by atoms with Crippen molar-refractivity contribution in [3.05, 3.63) is 24.3 Å². The van der Waals surface area contributed by atoms with Gasteiger partial charge in [-0.05, 0) is 18.2 Å². The predicted molar refractivity (Wildman–Crippen MR) is 47.8 cm³/mol. The molecule has 0 amide bonds. The summed E-state index contributed by atoms with van der Waals surface area (Å²) < 4.78 is 18.9. The van der Waals surface area contributed by atoms with Crippen LogP contribution in [0.15, 0.2) is 29.2 Å². The maximum absolute atomic E-state index is 11.5. The zero-order chi connectivity index (χ0) is 9.19. The molecule has 0 bridgehead atoms. The summed E-state index contributed by atoms with van der Waals surface area (Å²) in [5.41, 5.74) is 0. The van der Waals surface area contributed by atoms with Gasteiger partial charge in [-0.1, -0.05) is 13.0 Å². The maximum atomic E-state index is 11.5. The van der Waals surface area contributed by atoms with E-state index < -0.39 is 9.73 Å². The lowest BCUT2D eigenvalue weighted by atomic mass is 10.3. The molecule has 0 aliphatic rings. The Balaban J connectivity index is 3.21. The number of phenolic OH excluding ortho intramolecular Hbond substituents is 1. The van der Waals surface area contributed by atoms with E-state index in [2.05, 4.69) is 0 Å². The summed E-state index contributed by atoms with van der Waals surface area (Å²) in [5, 5.41) is 9.06. The molecule has 0 saturated heterocycles. The van der Waals surface area contributed by atoms with Crippen LogP contribution in [0.5, 0.6) is 5.75 Å². The van der Waals surface area contributed by atoms with Crippen LogP contribution in [0.3, 0.4) is 0 Å². The Morgan fingerprint density at radius 1 is 1.58 bits per heavy atom. The van der Waals surface area contributed by atoms with Crippen molar-refractivity contribution < 1.29 is 9.32 Å². The molecular weight excluding hydrogens is 174 g/mol. The average molecular weight is 185 g/mol. The number of benzene rings is 1. The molecule has 0 spiro atoms. The van der Waals surface area contributed by atoms with Gasteiger partial charge in [-0.2, -0.15) is 0 Å². The summed E-state index contributed by atoms with van der Waals surface area (Å²) in [7, 11) is -2.68. The van der Waals surface area contributed by atoms with Gasteiger partial charge in [-0.25, -0.2) is 8.99 Å². The highest BCUT2D eigenvalue weighted by Gasteiger charge is 2.06. The first kappa shape index (κ1) is 9.06. The van der Waals surface area contributed by atoms with Crippen molar-refractivity contribution in [2.75, 3.05) is 5.75 Å². The highest BCUT2D eigenvalue weighted by molar-refractivity contribution is 7.92. The summed E-state index contributed by atoms with van der Waals surface area (Å²) in [5.74, 6) is 0.331. The minimum atomic E-state index is -2.68. The third kappa shape index (κ3) is 1.76. The minimum Gasteiger partial charge on any atom is -0.508 e. The van der Waals surface area contributed by atoms with Crippen LogP contribution in [-0.4, -0.2) is 15.1 Å². The molecule has 0 heterocycles. The van der Waals surface area contributed by atoms with E-state index in [1.54, 1.807) is 19.1 Å². The molecule has 66 valence electrons. The fraction of sp³-hybridized carbons (Fsp3) is 0.250. The van der Waals surface area contributed by atoms with Crippen LogP contribution in [0.1, 0.15) is 6.92 Å². The van der Waals surface area contributed by atoms with Crippen LogP contribution in [0.4, 0.5) is 0 Å². The van der Waals surface area contributed by atoms with Crippen molar-refractivity contribution in [2.24, 2.45) is 0 Å². The van der Waals surface area contributed by atoms with Gasteiger partial charge < -0.3 is 5.11 Å². The molecule has 4 heteroatoms. The van der Waals surface area contributed by atoms with Crippen molar-refractivity contribution in [3.63, 3.8) is 0 Å². The van der Waals surface area contributed by atoms with Gasteiger partial charge >= 0.3 is 0 Å². The molecule has 1 aromatic rings. The van der Waals surface area contributed by atoms with E-state index in [9.17, 15) is 4.21 Å². The standard InChI is InChI=1S/C8H11NO2S/c1-2-12(9,11)8-5-3-4-7(10)6-8/h3-6,9-10H,2H2,1H3. The Labute approximate surface area is 72.0 Å². The van der Waals surface area contributed by atoms with E-state index in [1.165, 1.54) is 12.1 Å². The fourth-order valence-corrected chi connectivity index (χ4v) is 1.80. The maximum Gasteiger partial charge on any atom is 0.116 e. The highest BCUT2D eigenvalue weighted by Crippen LogP contribution is 2.17. The molecule has 1 atom stereocenters. The zero-order valence-electron chi connectivity index (χ0n) is 6.78. The first-order valence-electron chi connectivity index (χ1n) is 3.62. The second-order valence-electron chi connectivity index (χ2n) is 2.46. The lowest BCUT2D eigenvalue weighted by Crippen LogP contribution is -2.00. The third-order valence-electron chi connectivity index (χ3n) is 1.60. The van der Waals surface area contributed by atoms with Crippen molar-refractivity contribution in [2.45, 2.75) is 11.8 Å². The molecule has 0 aromatic heterocycles. The van der Waals surface area contributed by atoms with Crippen molar-refractivity contribution >= 4 is 9.73 Å². The summed E-state index contributed by atoms with van der Waals surface area (Å²) >= 11 is 0. The van der Waals surface area contributed by atoms with Crippen molar-refractivity contribution in [1.82, 2.24) is 0 Å². The van der Waals surface area contributed by atoms with E-state index in [0.29, 0.717) is 4.90 Å². The van der Waals surface area contributed by atoms with Crippen LogP contribution in [0.25, 0.3) is 0 Å². The van der Waals surface area contributed by atoms with E-state index in [-0.39, 0.29) is 11.5 Å². The Hall–Kier alpha value is -1.03. The van der Waals surface area contributed by atoms with Crippen LogP contribution in [-0.2, 0) is 9.73 Å². The van der Waals surface area contributed by atoms with Gasteiger partial charge in [0.05, 0.1) is 14.6 Å². The van der Waals surface area contributed by atoms with Gasteiger partial charge in [-0.15, -0.1) is 0 Å². The Morgan fingerprint density at radius 3 is 2.75 bits per heavy atom. The number of phenols is 1.